The molecule has 0 heterocycles. The van der Waals surface area contributed by atoms with Gasteiger partial charge in [-0.25, -0.2) is 0 Å². The van der Waals surface area contributed by atoms with Gasteiger partial charge in [-0.15, -0.1) is 5.16 Å². The lowest BCUT2D eigenvalue weighted by atomic mass is 10.00. The Kier molecular flexibility index (Phi) is 4.47. The van der Waals surface area contributed by atoms with Crippen molar-refractivity contribution < 1.29 is 5.21 Å². The van der Waals surface area contributed by atoms with Crippen LogP contribution in [0.2, 0.25) is 0 Å². The van der Waals surface area contributed by atoms with Crippen LogP contribution in [-0.4, -0.2) is 11.4 Å². The third-order valence-electron chi connectivity index (χ3n) is 0.445. The highest BCUT2D eigenvalue weighted by Gasteiger charge is 2.03. The van der Waals surface area contributed by atoms with Gasteiger partial charge in [0.1, 0.15) is 0 Å². The van der Waals surface area contributed by atoms with Gasteiger partial charge in [-0.1, -0.05) is 20.8 Å². The predicted octanol–water partition coefficient (Wildman–Crippen LogP) is 1.65. The molecule has 0 unspecified atom stereocenters. The Bertz CT molecular complexity index is 73.0. The van der Waals surface area contributed by atoms with Crippen LogP contribution in [0.25, 0.3) is 0 Å². The van der Waals surface area contributed by atoms with E-state index in [1.54, 1.807) is 0 Å². The number of nitrogens with zero attached hydrogens (tertiary/aromatic N) is 1. The summed E-state index contributed by atoms with van der Waals surface area (Å²) in [4.78, 5) is 0. The maximum Gasteiger partial charge on any atom is 0.0489 e. The third kappa shape index (κ3) is 9.06. The fraction of sp³-hybridized carbons (Fsp3) is 0.800. The SMILES string of the molecule is CC(C)(C)/C=N/O.N. The number of hydrogen-bond donors (Lipinski definition) is 2. The minimum absolute atomic E-state index is 0. The zero-order valence-electron chi connectivity index (χ0n) is 5.68. The molecule has 0 aromatic rings. The molecule has 0 spiro atoms. The van der Waals surface area contributed by atoms with E-state index in [2.05, 4.69) is 5.16 Å². The van der Waals surface area contributed by atoms with E-state index in [0.717, 1.165) is 0 Å². The van der Waals surface area contributed by atoms with E-state index in [9.17, 15) is 0 Å². The van der Waals surface area contributed by atoms with Crippen LogP contribution >= 0.6 is 0 Å². The van der Waals surface area contributed by atoms with Crippen LogP contribution in [0, 0.1) is 5.41 Å². The quantitative estimate of drug-likeness (QED) is 0.288. The fourth-order valence-electron chi connectivity index (χ4n) is 0.173. The van der Waals surface area contributed by atoms with Crippen molar-refractivity contribution >= 4 is 6.21 Å². The number of hydrogen-bond acceptors (Lipinski definition) is 3. The van der Waals surface area contributed by atoms with Gasteiger partial charge in [0, 0.05) is 11.6 Å². The maximum atomic E-state index is 7.97. The van der Waals surface area contributed by atoms with Gasteiger partial charge in [0.25, 0.3) is 0 Å². The molecule has 0 radical (unpaired) electrons. The first-order valence-electron chi connectivity index (χ1n) is 2.25. The Balaban J connectivity index is 0. The standard InChI is InChI=1S/C5H11NO.H3N/c1-5(2,3)4-6-7;/h4,7H,1-3H3;1H3/b6-4+;. The van der Waals surface area contributed by atoms with E-state index in [0.29, 0.717) is 0 Å². The molecule has 0 aliphatic carbocycles. The van der Waals surface area contributed by atoms with Crippen molar-refractivity contribution in [2.75, 3.05) is 0 Å². The highest BCUT2D eigenvalue weighted by atomic mass is 16.4. The normalized spacial score (nSPS) is 11.4. The average molecular weight is 118 g/mol. The van der Waals surface area contributed by atoms with Gasteiger partial charge in [0.15, 0.2) is 0 Å². The third-order valence-corrected chi connectivity index (χ3v) is 0.445. The first kappa shape index (κ1) is 10.4. The molecule has 0 atom stereocenters. The Morgan fingerprint density at radius 3 is 1.75 bits per heavy atom. The van der Waals surface area contributed by atoms with Gasteiger partial charge in [-0.05, 0) is 0 Å². The summed E-state index contributed by atoms with van der Waals surface area (Å²) in [7, 11) is 0. The van der Waals surface area contributed by atoms with Gasteiger partial charge in [0.05, 0.1) is 0 Å². The molecule has 0 aliphatic rings. The van der Waals surface area contributed by atoms with Gasteiger partial charge in [-0.2, -0.15) is 0 Å². The first-order valence-corrected chi connectivity index (χ1v) is 2.25. The van der Waals surface area contributed by atoms with Gasteiger partial charge < -0.3 is 11.4 Å². The highest BCUT2D eigenvalue weighted by Crippen LogP contribution is 2.07. The smallest absolute Gasteiger partial charge is 0.0489 e. The molecule has 0 amide bonds. The van der Waals surface area contributed by atoms with Crippen LogP contribution in [0.15, 0.2) is 5.16 Å². The van der Waals surface area contributed by atoms with E-state index in [1.807, 2.05) is 20.8 Å². The van der Waals surface area contributed by atoms with Crippen LogP contribution in [0.3, 0.4) is 0 Å². The molecular weight excluding hydrogens is 104 g/mol. The van der Waals surface area contributed by atoms with Crippen LogP contribution < -0.4 is 6.15 Å². The van der Waals surface area contributed by atoms with E-state index in [4.69, 9.17) is 5.21 Å². The molecule has 3 nitrogen and oxygen atoms in total. The van der Waals surface area contributed by atoms with Gasteiger partial charge in [0.2, 0.25) is 0 Å². The average Bonchev–Trinajstić information content (AvgIpc) is 1.30. The lowest BCUT2D eigenvalue weighted by Gasteiger charge is -2.06. The maximum absolute atomic E-state index is 7.97. The van der Waals surface area contributed by atoms with Crippen LogP contribution in [0.1, 0.15) is 20.8 Å². The summed E-state index contributed by atoms with van der Waals surface area (Å²) in [6.45, 7) is 5.90. The lowest BCUT2D eigenvalue weighted by molar-refractivity contribution is 0.315. The van der Waals surface area contributed by atoms with Gasteiger partial charge >= 0.3 is 0 Å². The second-order valence-corrected chi connectivity index (χ2v) is 2.61. The summed E-state index contributed by atoms with van der Waals surface area (Å²) in [6.07, 6.45) is 1.49. The molecular formula is C5H14N2O. The van der Waals surface area contributed by atoms with Crippen LogP contribution in [-0.2, 0) is 0 Å². The molecule has 0 rings (SSSR count). The van der Waals surface area contributed by atoms with Crippen molar-refractivity contribution in [2.24, 2.45) is 10.6 Å². The lowest BCUT2D eigenvalue weighted by Crippen LogP contribution is -2.05. The van der Waals surface area contributed by atoms with E-state index in [1.165, 1.54) is 6.21 Å². The van der Waals surface area contributed by atoms with Gasteiger partial charge in [-0.3, -0.25) is 0 Å². The van der Waals surface area contributed by atoms with Crippen molar-refractivity contribution in [1.82, 2.24) is 6.15 Å². The topological polar surface area (TPSA) is 67.6 Å². The molecule has 50 valence electrons. The highest BCUT2D eigenvalue weighted by molar-refractivity contribution is 5.62. The first-order chi connectivity index (χ1) is 3.06. The molecule has 0 aromatic heterocycles. The summed E-state index contributed by atoms with van der Waals surface area (Å²) < 4.78 is 0. The van der Waals surface area contributed by atoms with Crippen LogP contribution in [0.4, 0.5) is 0 Å². The minimum Gasteiger partial charge on any atom is -0.411 e. The molecule has 0 bridgehead atoms. The van der Waals surface area contributed by atoms with E-state index < -0.39 is 0 Å². The number of rotatable bonds is 0. The Labute approximate surface area is 50.0 Å². The Hall–Kier alpha value is -0.570. The molecule has 0 saturated carbocycles. The monoisotopic (exact) mass is 118 g/mol. The van der Waals surface area contributed by atoms with Crippen molar-refractivity contribution in [3.63, 3.8) is 0 Å². The van der Waals surface area contributed by atoms with E-state index in [-0.39, 0.29) is 11.6 Å². The van der Waals surface area contributed by atoms with E-state index >= 15 is 0 Å². The molecule has 8 heavy (non-hydrogen) atoms. The summed E-state index contributed by atoms with van der Waals surface area (Å²) in [5.41, 5.74) is 0.00868. The summed E-state index contributed by atoms with van der Waals surface area (Å²) in [5, 5.41) is 10.9. The minimum atomic E-state index is 0. The molecule has 0 saturated heterocycles. The van der Waals surface area contributed by atoms with Crippen LogP contribution in [0.5, 0.6) is 0 Å². The van der Waals surface area contributed by atoms with Crippen molar-refractivity contribution in [2.45, 2.75) is 20.8 Å². The molecule has 3 heteroatoms. The molecule has 0 fully saturated rings. The Morgan fingerprint density at radius 1 is 1.38 bits per heavy atom. The summed E-state index contributed by atoms with van der Waals surface area (Å²) in [6, 6.07) is 0. The Morgan fingerprint density at radius 2 is 1.75 bits per heavy atom. The summed E-state index contributed by atoms with van der Waals surface area (Å²) in [5.74, 6) is 0. The van der Waals surface area contributed by atoms with Crippen molar-refractivity contribution in [3.8, 4) is 0 Å². The largest absolute Gasteiger partial charge is 0.411 e. The summed E-state index contributed by atoms with van der Waals surface area (Å²) >= 11 is 0. The number of oxime groups is 1. The zero-order chi connectivity index (χ0) is 5.91. The van der Waals surface area contributed by atoms with Crippen molar-refractivity contribution in [1.29, 1.82) is 0 Å². The second-order valence-electron chi connectivity index (χ2n) is 2.61. The molecule has 0 aliphatic heterocycles. The second kappa shape index (κ2) is 3.43. The fourth-order valence-corrected chi connectivity index (χ4v) is 0.173. The zero-order valence-corrected chi connectivity index (χ0v) is 5.68. The molecule has 4 N–H and O–H groups in total. The predicted molar refractivity (Wildman–Crippen MR) is 34.8 cm³/mol. The molecule has 0 aromatic carbocycles. The van der Waals surface area contributed by atoms with Crippen molar-refractivity contribution in [3.05, 3.63) is 0 Å².